The summed E-state index contributed by atoms with van der Waals surface area (Å²) in [6.45, 7) is 7.48. The van der Waals surface area contributed by atoms with Crippen molar-refractivity contribution in [2.24, 2.45) is 5.92 Å². The summed E-state index contributed by atoms with van der Waals surface area (Å²) in [5.74, 6) is 1.68. The van der Waals surface area contributed by atoms with Crippen molar-refractivity contribution in [2.45, 2.75) is 33.6 Å². The van der Waals surface area contributed by atoms with Gasteiger partial charge in [-0.2, -0.15) is 0 Å². The highest BCUT2D eigenvalue weighted by atomic mass is 79.9. The van der Waals surface area contributed by atoms with E-state index < -0.39 is 0 Å². The summed E-state index contributed by atoms with van der Waals surface area (Å²) in [6, 6.07) is 5.86. The highest BCUT2D eigenvalue weighted by molar-refractivity contribution is 9.10. The molecular formula is C21H23BrN4O2. The lowest BCUT2D eigenvalue weighted by Gasteiger charge is -2.33. The Balaban J connectivity index is 1.55. The van der Waals surface area contributed by atoms with E-state index in [2.05, 4.69) is 36.1 Å². The zero-order valence-electron chi connectivity index (χ0n) is 16.3. The van der Waals surface area contributed by atoms with Crippen LogP contribution in [0.2, 0.25) is 0 Å². The number of fused-ring (bicyclic) bond motifs is 1. The number of nitrogens with zero attached hydrogens (tertiary/aromatic N) is 3. The largest absolute Gasteiger partial charge is 0.443 e. The topological polar surface area (TPSA) is 71.3 Å². The number of aromatic nitrogens is 2. The number of benzene rings is 1. The molecule has 3 aromatic rings. The first kappa shape index (κ1) is 18.9. The van der Waals surface area contributed by atoms with Crippen LogP contribution in [-0.2, 0) is 4.79 Å². The number of hydrogen-bond acceptors (Lipinski definition) is 5. The van der Waals surface area contributed by atoms with Crippen LogP contribution in [0.3, 0.4) is 0 Å². The van der Waals surface area contributed by atoms with Crippen LogP contribution in [-0.4, -0.2) is 29.0 Å². The molecule has 4 rings (SSSR count). The van der Waals surface area contributed by atoms with Crippen molar-refractivity contribution in [3.05, 3.63) is 45.9 Å². The molecule has 1 aromatic carbocycles. The number of piperidine rings is 1. The number of carbonyl (C=O) groups is 1. The summed E-state index contributed by atoms with van der Waals surface area (Å²) in [5.41, 5.74) is 3.59. The van der Waals surface area contributed by atoms with Gasteiger partial charge in [0.05, 0.1) is 11.3 Å². The molecule has 0 radical (unpaired) electrons. The average molecular weight is 443 g/mol. The summed E-state index contributed by atoms with van der Waals surface area (Å²) in [4.78, 5) is 23.8. The Hall–Kier alpha value is -2.41. The Kier molecular flexibility index (Phi) is 5.10. The quantitative estimate of drug-likeness (QED) is 0.632. The lowest BCUT2D eigenvalue weighted by atomic mass is 9.96. The van der Waals surface area contributed by atoms with Gasteiger partial charge in [0, 0.05) is 28.8 Å². The molecule has 0 bridgehead atoms. The Bertz CT molecular complexity index is 1050. The maximum atomic E-state index is 12.9. The third-order valence-corrected chi connectivity index (χ3v) is 6.35. The van der Waals surface area contributed by atoms with Gasteiger partial charge < -0.3 is 14.6 Å². The highest BCUT2D eigenvalue weighted by Crippen LogP contribution is 2.33. The SMILES string of the molecule is Cc1cc(NC(=O)C2CCCN(c3ncnc4oc(C)c(C)c34)C2)ccc1Br. The molecule has 0 saturated carbocycles. The lowest BCUT2D eigenvalue weighted by Crippen LogP contribution is -2.41. The number of rotatable bonds is 3. The van der Waals surface area contributed by atoms with Gasteiger partial charge in [-0.1, -0.05) is 15.9 Å². The van der Waals surface area contributed by atoms with E-state index >= 15 is 0 Å². The van der Waals surface area contributed by atoms with E-state index in [1.807, 2.05) is 39.0 Å². The maximum Gasteiger partial charge on any atom is 0.231 e. The van der Waals surface area contributed by atoms with Crippen molar-refractivity contribution < 1.29 is 9.21 Å². The molecule has 146 valence electrons. The van der Waals surface area contributed by atoms with Gasteiger partial charge >= 0.3 is 0 Å². The van der Waals surface area contributed by atoms with Crippen molar-refractivity contribution in [3.8, 4) is 0 Å². The van der Waals surface area contributed by atoms with Crippen LogP contribution in [0.1, 0.15) is 29.7 Å². The van der Waals surface area contributed by atoms with E-state index in [1.54, 1.807) is 0 Å². The van der Waals surface area contributed by atoms with E-state index in [-0.39, 0.29) is 11.8 Å². The molecule has 0 spiro atoms. The summed E-state index contributed by atoms with van der Waals surface area (Å²) in [7, 11) is 0. The number of hydrogen-bond donors (Lipinski definition) is 1. The normalized spacial score (nSPS) is 17.1. The Morgan fingerprint density at radius 2 is 2.11 bits per heavy atom. The van der Waals surface area contributed by atoms with Crippen LogP contribution >= 0.6 is 15.9 Å². The predicted octanol–water partition coefficient (Wildman–Crippen LogP) is 4.77. The first-order valence-corrected chi connectivity index (χ1v) is 10.3. The molecular weight excluding hydrogens is 420 g/mol. The average Bonchev–Trinajstić information content (AvgIpc) is 2.99. The Morgan fingerprint density at radius 1 is 1.29 bits per heavy atom. The van der Waals surface area contributed by atoms with Gasteiger partial charge in [0.25, 0.3) is 0 Å². The van der Waals surface area contributed by atoms with Gasteiger partial charge in [-0.15, -0.1) is 0 Å². The fourth-order valence-corrected chi connectivity index (χ4v) is 4.00. The van der Waals surface area contributed by atoms with Crippen molar-refractivity contribution >= 4 is 44.4 Å². The molecule has 7 heteroatoms. The monoisotopic (exact) mass is 442 g/mol. The molecule has 1 atom stereocenters. The Labute approximate surface area is 172 Å². The Morgan fingerprint density at radius 3 is 2.89 bits per heavy atom. The minimum Gasteiger partial charge on any atom is -0.443 e. The molecule has 2 aromatic heterocycles. The minimum absolute atomic E-state index is 0.0526. The second-order valence-corrected chi connectivity index (χ2v) is 8.25. The third-order valence-electron chi connectivity index (χ3n) is 5.46. The van der Waals surface area contributed by atoms with E-state index in [4.69, 9.17) is 4.42 Å². The van der Waals surface area contributed by atoms with Crippen LogP contribution in [0, 0.1) is 26.7 Å². The van der Waals surface area contributed by atoms with Gasteiger partial charge in [0.2, 0.25) is 11.6 Å². The summed E-state index contributed by atoms with van der Waals surface area (Å²) in [6.07, 6.45) is 3.35. The minimum atomic E-state index is -0.0870. The number of halogens is 1. The summed E-state index contributed by atoms with van der Waals surface area (Å²) >= 11 is 3.49. The van der Waals surface area contributed by atoms with Crippen LogP contribution in [0.4, 0.5) is 11.5 Å². The number of aryl methyl sites for hydroxylation is 3. The van der Waals surface area contributed by atoms with Crippen LogP contribution < -0.4 is 10.2 Å². The molecule has 28 heavy (non-hydrogen) atoms. The zero-order valence-corrected chi connectivity index (χ0v) is 17.8. The molecule has 1 aliphatic rings. The molecule has 1 aliphatic heterocycles. The molecule has 3 heterocycles. The predicted molar refractivity (Wildman–Crippen MR) is 114 cm³/mol. The van der Waals surface area contributed by atoms with Gasteiger partial charge in [-0.3, -0.25) is 4.79 Å². The van der Waals surface area contributed by atoms with Crippen LogP contribution in [0.5, 0.6) is 0 Å². The van der Waals surface area contributed by atoms with E-state index in [9.17, 15) is 4.79 Å². The molecule has 1 saturated heterocycles. The summed E-state index contributed by atoms with van der Waals surface area (Å²) in [5, 5.41) is 4.02. The fraction of sp³-hybridized carbons (Fsp3) is 0.381. The molecule has 0 aliphatic carbocycles. The van der Waals surface area contributed by atoms with E-state index in [1.165, 1.54) is 6.33 Å². The van der Waals surface area contributed by atoms with Crippen LogP contribution in [0.15, 0.2) is 33.4 Å². The smallest absolute Gasteiger partial charge is 0.231 e. The second kappa shape index (κ2) is 7.54. The first-order valence-electron chi connectivity index (χ1n) is 9.46. The van der Waals surface area contributed by atoms with Crippen molar-refractivity contribution in [3.63, 3.8) is 0 Å². The first-order chi connectivity index (χ1) is 13.4. The summed E-state index contributed by atoms with van der Waals surface area (Å²) < 4.78 is 6.78. The molecule has 1 N–H and O–H groups in total. The fourth-order valence-electron chi connectivity index (χ4n) is 3.75. The van der Waals surface area contributed by atoms with E-state index in [0.717, 1.165) is 57.6 Å². The standard InChI is InChI=1S/C21H23BrN4O2/c1-12-9-16(6-7-17(12)22)25-20(27)15-5-4-8-26(10-15)19-18-13(2)14(3)28-21(18)24-11-23-19/h6-7,9,11,15H,4-5,8,10H2,1-3H3,(H,25,27). The number of nitrogens with one attached hydrogen (secondary N) is 1. The maximum absolute atomic E-state index is 12.9. The zero-order chi connectivity index (χ0) is 19.8. The third kappa shape index (κ3) is 3.51. The van der Waals surface area contributed by atoms with E-state index in [0.29, 0.717) is 12.3 Å². The number of anilines is 2. The van der Waals surface area contributed by atoms with Gasteiger partial charge in [0.1, 0.15) is 17.9 Å². The van der Waals surface area contributed by atoms with Crippen LogP contribution in [0.25, 0.3) is 11.1 Å². The number of furan rings is 1. The molecule has 6 nitrogen and oxygen atoms in total. The second-order valence-electron chi connectivity index (χ2n) is 7.40. The van der Waals surface area contributed by atoms with Gasteiger partial charge in [0.15, 0.2) is 0 Å². The molecule has 1 fully saturated rings. The molecule has 1 unspecified atom stereocenters. The van der Waals surface area contributed by atoms with Crippen molar-refractivity contribution in [1.82, 2.24) is 9.97 Å². The van der Waals surface area contributed by atoms with Gasteiger partial charge in [-0.05, 0) is 57.4 Å². The lowest BCUT2D eigenvalue weighted by molar-refractivity contribution is -0.120. The highest BCUT2D eigenvalue weighted by Gasteiger charge is 2.28. The van der Waals surface area contributed by atoms with Gasteiger partial charge in [-0.25, -0.2) is 9.97 Å². The van der Waals surface area contributed by atoms with Crippen molar-refractivity contribution in [2.75, 3.05) is 23.3 Å². The number of amides is 1. The molecule has 1 amide bonds. The van der Waals surface area contributed by atoms with Crippen molar-refractivity contribution in [1.29, 1.82) is 0 Å². The number of carbonyl (C=O) groups excluding carboxylic acids is 1.